The van der Waals surface area contributed by atoms with Gasteiger partial charge in [0.15, 0.2) is 5.16 Å². The number of ether oxygens (including phenoxy) is 1. The number of rotatable bonds is 11. The molecule has 3 rings (SSSR count). The topological polar surface area (TPSA) is 87.7 Å². The quantitative estimate of drug-likeness (QED) is 0.205. The van der Waals surface area contributed by atoms with E-state index >= 15 is 0 Å². The van der Waals surface area contributed by atoms with Crippen molar-refractivity contribution >= 4 is 41.0 Å². The zero-order chi connectivity index (χ0) is 25.2. The first kappa shape index (κ1) is 27.1. The zero-order valence-electron chi connectivity index (χ0n) is 20.6. The largest absolute Gasteiger partial charge is 0.497 e. The number of nitrogens with zero attached hydrogens (tertiary/aromatic N) is 4. The van der Waals surface area contributed by atoms with Gasteiger partial charge in [0.2, 0.25) is 5.91 Å². The maximum atomic E-state index is 13.1. The number of methoxy groups -OCH3 is 1. The summed E-state index contributed by atoms with van der Waals surface area (Å²) < 4.78 is 5.25. The number of carbonyl (C=O) groups excluding carboxylic acids is 2. The monoisotopic (exact) mass is 519 g/mol. The van der Waals surface area contributed by atoms with Crippen LogP contribution in [-0.4, -0.2) is 71.8 Å². The van der Waals surface area contributed by atoms with Crippen molar-refractivity contribution in [3.63, 3.8) is 0 Å². The van der Waals surface area contributed by atoms with Crippen LogP contribution in [0.25, 0.3) is 0 Å². The molecule has 190 valence electrons. The lowest BCUT2D eigenvalue weighted by Crippen LogP contribution is -2.54. The lowest BCUT2D eigenvalue weighted by Gasteiger charge is -2.40. The lowest BCUT2D eigenvalue weighted by atomic mass is 10.1. The van der Waals surface area contributed by atoms with Crippen LogP contribution in [0, 0.1) is 0 Å². The fourth-order valence-electron chi connectivity index (χ4n) is 3.96. The number of nitrogens with one attached hydrogen (secondary N) is 1. The molecule has 1 aromatic carbocycles. The van der Waals surface area contributed by atoms with Gasteiger partial charge >= 0.3 is 0 Å². The molecule has 2 aromatic rings. The van der Waals surface area contributed by atoms with Crippen molar-refractivity contribution in [1.82, 2.24) is 20.2 Å². The second-order valence-electron chi connectivity index (χ2n) is 8.56. The molecule has 35 heavy (non-hydrogen) atoms. The van der Waals surface area contributed by atoms with E-state index in [0.29, 0.717) is 53.6 Å². The number of unbranched alkanes of at least 4 members (excludes halogenated alkanes) is 3. The molecule has 1 N–H and O–H groups in total. The van der Waals surface area contributed by atoms with Gasteiger partial charge in [-0.05, 0) is 31.5 Å². The predicted octanol–water partition coefficient (Wildman–Crippen LogP) is 4.28. The van der Waals surface area contributed by atoms with Gasteiger partial charge in [0.25, 0.3) is 5.91 Å². The Morgan fingerprint density at radius 3 is 2.77 bits per heavy atom. The number of thioether (sulfide) groups is 1. The SMILES string of the molecule is CCCCCCNC(=O)CSc1nc(Cl)cc(N2CCN(C(=O)c3cccc(OC)c3)C(C)C2)n1. The molecular formula is C25H34ClN5O3S. The molecule has 2 heterocycles. The molecule has 1 saturated heterocycles. The first-order valence-corrected chi connectivity index (χ1v) is 13.4. The Morgan fingerprint density at radius 2 is 2.03 bits per heavy atom. The third kappa shape index (κ3) is 8.00. The number of hydrogen-bond acceptors (Lipinski definition) is 7. The summed E-state index contributed by atoms with van der Waals surface area (Å²) in [6, 6.07) is 8.91. The van der Waals surface area contributed by atoms with Gasteiger partial charge in [-0.3, -0.25) is 9.59 Å². The summed E-state index contributed by atoms with van der Waals surface area (Å²) in [4.78, 5) is 38.1. The van der Waals surface area contributed by atoms with Crippen LogP contribution in [0.5, 0.6) is 5.75 Å². The van der Waals surface area contributed by atoms with E-state index in [1.807, 2.05) is 24.0 Å². The Hall–Kier alpha value is -2.52. The maximum Gasteiger partial charge on any atom is 0.254 e. The first-order chi connectivity index (χ1) is 16.9. The van der Waals surface area contributed by atoms with Gasteiger partial charge in [-0.25, -0.2) is 9.97 Å². The number of hydrogen-bond donors (Lipinski definition) is 1. The third-order valence-corrected chi connectivity index (χ3v) is 6.92. The molecule has 1 aliphatic heterocycles. The molecule has 1 aliphatic rings. The van der Waals surface area contributed by atoms with E-state index in [4.69, 9.17) is 16.3 Å². The average Bonchev–Trinajstić information content (AvgIpc) is 2.86. The molecule has 1 unspecified atom stereocenters. The van der Waals surface area contributed by atoms with Crippen molar-refractivity contribution in [1.29, 1.82) is 0 Å². The molecule has 0 aliphatic carbocycles. The van der Waals surface area contributed by atoms with Crippen LogP contribution < -0.4 is 15.0 Å². The van der Waals surface area contributed by atoms with E-state index in [1.54, 1.807) is 25.3 Å². The highest BCUT2D eigenvalue weighted by atomic mass is 35.5. The summed E-state index contributed by atoms with van der Waals surface area (Å²) in [6.45, 7) is 6.67. The van der Waals surface area contributed by atoms with Crippen LogP contribution in [0.15, 0.2) is 35.5 Å². The van der Waals surface area contributed by atoms with E-state index in [-0.39, 0.29) is 23.6 Å². The summed E-state index contributed by atoms with van der Waals surface area (Å²) in [5.41, 5.74) is 0.608. The molecule has 1 atom stereocenters. The predicted molar refractivity (Wildman–Crippen MR) is 141 cm³/mol. The van der Waals surface area contributed by atoms with Crippen molar-refractivity contribution in [3.05, 3.63) is 41.0 Å². The lowest BCUT2D eigenvalue weighted by molar-refractivity contribution is -0.118. The average molecular weight is 520 g/mol. The summed E-state index contributed by atoms with van der Waals surface area (Å²) in [5, 5.41) is 3.74. The van der Waals surface area contributed by atoms with Crippen molar-refractivity contribution in [2.45, 2.75) is 50.7 Å². The van der Waals surface area contributed by atoms with Gasteiger partial charge in [-0.15, -0.1) is 0 Å². The fourth-order valence-corrected chi connectivity index (χ4v) is 4.87. The van der Waals surface area contributed by atoms with Crippen LogP contribution >= 0.6 is 23.4 Å². The van der Waals surface area contributed by atoms with Crippen LogP contribution in [0.4, 0.5) is 5.82 Å². The highest BCUT2D eigenvalue weighted by Gasteiger charge is 2.29. The van der Waals surface area contributed by atoms with E-state index in [2.05, 4.69) is 27.1 Å². The number of amides is 2. The fraction of sp³-hybridized carbons (Fsp3) is 0.520. The second kappa shape index (κ2) is 13.5. The van der Waals surface area contributed by atoms with Gasteiger partial charge in [0.1, 0.15) is 16.7 Å². The molecule has 8 nitrogen and oxygen atoms in total. The Labute approximate surface area is 216 Å². The minimum atomic E-state index is -0.0325. The van der Waals surface area contributed by atoms with E-state index in [9.17, 15) is 9.59 Å². The minimum Gasteiger partial charge on any atom is -0.497 e. The Balaban J connectivity index is 1.56. The Kier molecular flexibility index (Phi) is 10.5. The minimum absolute atomic E-state index is 0.0197. The highest BCUT2D eigenvalue weighted by molar-refractivity contribution is 7.99. The number of anilines is 1. The third-order valence-electron chi connectivity index (χ3n) is 5.87. The second-order valence-corrected chi connectivity index (χ2v) is 9.89. The number of piperazine rings is 1. The molecular weight excluding hydrogens is 486 g/mol. The molecule has 0 saturated carbocycles. The molecule has 10 heteroatoms. The molecule has 0 bridgehead atoms. The van der Waals surface area contributed by atoms with Crippen LogP contribution in [0.3, 0.4) is 0 Å². The van der Waals surface area contributed by atoms with E-state index in [0.717, 1.165) is 12.8 Å². The standard InChI is InChI=1S/C25H34ClN5O3S/c1-4-5-6-7-11-27-23(32)17-35-25-28-21(26)15-22(29-25)30-12-13-31(18(2)16-30)24(33)19-9-8-10-20(14-19)34-3/h8-10,14-15,18H,4-7,11-13,16-17H2,1-3H3,(H,27,32). The molecule has 1 aromatic heterocycles. The highest BCUT2D eigenvalue weighted by Crippen LogP contribution is 2.25. The van der Waals surface area contributed by atoms with Gasteiger partial charge in [0, 0.05) is 43.9 Å². The summed E-state index contributed by atoms with van der Waals surface area (Å²) in [6.07, 6.45) is 4.48. The van der Waals surface area contributed by atoms with Crippen molar-refractivity contribution in [2.24, 2.45) is 0 Å². The zero-order valence-corrected chi connectivity index (χ0v) is 22.2. The van der Waals surface area contributed by atoms with Gasteiger partial charge < -0.3 is 19.9 Å². The summed E-state index contributed by atoms with van der Waals surface area (Å²) in [7, 11) is 1.59. The Morgan fingerprint density at radius 1 is 1.20 bits per heavy atom. The van der Waals surface area contributed by atoms with Crippen LogP contribution in [0.1, 0.15) is 49.9 Å². The smallest absolute Gasteiger partial charge is 0.254 e. The van der Waals surface area contributed by atoms with Crippen molar-refractivity contribution < 1.29 is 14.3 Å². The number of halogens is 1. The first-order valence-electron chi connectivity index (χ1n) is 12.0. The van der Waals surface area contributed by atoms with Crippen LogP contribution in [0.2, 0.25) is 5.15 Å². The van der Waals surface area contributed by atoms with Gasteiger partial charge in [0.05, 0.1) is 12.9 Å². The van der Waals surface area contributed by atoms with Crippen LogP contribution in [-0.2, 0) is 4.79 Å². The summed E-state index contributed by atoms with van der Waals surface area (Å²) in [5.74, 6) is 1.55. The van der Waals surface area contributed by atoms with Gasteiger partial charge in [-0.1, -0.05) is 55.6 Å². The molecule has 0 spiro atoms. The molecule has 1 fully saturated rings. The normalized spacial score (nSPS) is 15.7. The van der Waals surface area contributed by atoms with Crippen molar-refractivity contribution in [3.8, 4) is 5.75 Å². The van der Waals surface area contributed by atoms with Crippen molar-refractivity contribution in [2.75, 3.05) is 43.9 Å². The summed E-state index contributed by atoms with van der Waals surface area (Å²) >= 11 is 7.55. The number of benzene rings is 1. The van der Waals surface area contributed by atoms with E-state index < -0.39 is 0 Å². The molecule has 0 radical (unpaired) electrons. The molecule has 2 amide bonds. The van der Waals surface area contributed by atoms with Gasteiger partial charge in [-0.2, -0.15) is 0 Å². The van der Waals surface area contributed by atoms with E-state index in [1.165, 1.54) is 24.6 Å². The maximum absolute atomic E-state index is 13.1. The Bertz CT molecular complexity index is 1010. The number of carbonyl (C=O) groups is 2. The number of aromatic nitrogens is 2.